The highest BCUT2D eigenvalue weighted by atomic mass is 16.7. The fourth-order valence-corrected chi connectivity index (χ4v) is 8.69. The van der Waals surface area contributed by atoms with E-state index in [-0.39, 0.29) is 57.3 Å². The Balaban J connectivity index is 1.38. The average Bonchev–Trinajstić information content (AvgIpc) is 3.61. The van der Waals surface area contributed by atoms with Gasteiger partial charge >= 0.3 is 11.9 Å². The van der Waals surface area contributed by atoms with E-state index in [2.05, 4.69) is 5.16 Å². The van der Waals surface area contributed by atoms with Crippen LogP contribution in [0.2, 0.25) is 0 Å². The van der Waals surface area contributed by atoms with Crippen molar-refractivity contribution in [2.24, 2.45) is 5.92 Å². The van der Waals surface area contributed by atoms with E-state index in [1.54, 1.807) is 37.3 Å². The van der Waals surface area contributed by atoms with Crippen LogP contribution >= 0.6 is 0 Å². The minimum atomic E-state index is -1.54. The molecule has 4 atom stereocenters. The van der Waals surface area contributed by atoms with Crippen LogP contribution in [0.4, 0.5) is 0 Å². The summed E-state index contributed by atoms with van der Waals surface area (Å²) in [5.74, 6) is -2.86. The SMILES string of the molecule is CC(=O)Oc1cc(C)cc2c1C(=O)c1c(ccc3c1O[C@]14O[C@H](C)[C@H]5C(C)=Cc6onc(c6[C@]351)-c1c(OC(C)=O)cccc14)C2=O. The summed E-state index contributed by atoms with van der Waals surface area (Å²) in [5, 5.41) is 4.51. The number of benzene rings is 3. The molecular weight excluding hydrogens is 590 g/mol. The molecule has 4 aromatic rings. The summed E-state index contributed by atoms with van der Waals surface area (Å²) < 4.78 is 31.1. The minimum Gasteiger partial charge on any atom is -0.455 e. The smallest absolute Gasteiger partial charge is 0.308 e. The first kappa shape index (κ1) is 27.0. The molecular formula is C36H25NO9. The van der Waals surface area contributed by atoms with Gasteiger partial charge in [0.2, 0.25) is 5.78 Å². The number of hydrogen-bond donors (Lipinski definition) is 0. The summed E-state index contributed by atoms with van der Waals surface area (Å²) in [6.45, 7) is 8.30. The number of carbonyl (C=O) groups is 4. The van der Waals surface area contributed by atoms with Gasteiger partial charge in [-0.15, -0.1) is 0 Å². The van der Waals surface area contributed by atoms with Gasteiger partial charge in [-0.3, -0.25) is 19.2 Å². The predicted molar refractivity (Wildman–Crippen MR) is 160 cm³/mol. The third-order valence-electron chi connectivity index (χ3n) is 9.91. The maximum absolute atomic E-state index is 14.6. The van der Waals surface area contributed by atoms with Gasteiger partial charge < -0.3 is 23.5 Å². The van der Waals surface area contributed by atoms with Gasteiger partial charge in [-0.25, -0.2) is 0 Å². The van der Waals surface area contributed by atoms with Crippen molar-refractivity contribution in [3.05, 3.63) is 98.3 Å². The Morgan fingerprint density at radius 1 is 0.870 bits per heavy atom. The predicted octanol–water partition coefficient (Wildman–Crippen LogP) is 5.57. The Labute approximate surface area is 261 Å². The third kappa shape index (κ3) is 2.89. The fraction of sp³-hybridized carbons (Fsp3) is 0.250. The second-order valence-electron chi connectivity index (χ2n) is 12.6. The molecule has 3 aromatic carbocycles. The van der Waals surface area contributed by atoms with Crippen molar-refractivity contribution < 1.29 is 42.6 Å². The number of nitrogens with zero attached hydrogens (tertiary/aromatic N) is 1. The molecule has 46 heavy (non-hydrogen) atoms. The summed E-state index contributed by atoms with van der Waals surface area (Å²) >= 11 is 0. The van der Waals surface area contributed by atoms with Gasteiger partial charge in [0.1, 0.15) is 28.4 Å². The number of aromatic nitrogens is 1. The number of fused-ring (bicyclic) bond motifs is 6. The molecule has 1 aromatic heterocycles. The lowest BCUT2D eigenvalue weighted by atomic mass is 9.54. The van der Waals surface area contributed by atoms with Gasteiger partial charge in [0, 0.05) is 47.6 Å². The van der Waals surface area contributed by atoms with Crippen LogP contribution in [0.3, 0.4) is 0 Å². The zero-order valence-electron chi connectivity index (χ0n) is 25.4. The van der Waals surface area contributed by atoms with Crippen molar-refractivity contribution in [3.8, 4) is 28.5 Å². The van der Waals surface area contributed by atoms with Crippen LogP contribution in [0.25, 0.3) is 17.3 Å². The number of esters is 2. The lowest BCUT2D eigenvalue weighted by molar-refractivity contribution is -0.187. The molecule has 3 heterocycles. The van der Waals surface area contributed by atoms with Crippen LogP contribution in [-0.2, 0) is 25.5 Å². The molecule has 10 nitrogen and oxygen atoms in total. The summed E-state index contributed by atoms with van der Waals surface area (Å²) in [4.78, 5) is 52.9. The van der Waals surface area contributed by atoms with E-state index >= 15 is 0 Å². The zero-order chi connectivity index (χ0) is 32.0. The molecule has 1 spiro atoms. The van der Waals surface area contributed by atoms with Gasteiger partial charge in [-0.1, -0.05) is 28.9 Å². The molecule has 228 valence electrons. The standard InChI is InChI=1S/C36H25NO9/c1-14-11-20-26(24(12-14)43-18(5)39)33(41)27-19(32(20)40)9-10-22-34(27)45-36-21-7-6-8-23(42-17(4)38)28(21)31-30-25(46-37-31)13-15(2)29(16(3)44-36)35(22,30)36/h6-13,16,29H,1-5H3/t16-,29-,35+,36+/m1/s1. The number of ether oxygens (including phenoxy) is 4. The molecule has 10 heteroatoms. The van der Waals surface area contributed by atoms with Crippen LogP contribution in [0.1, 0.15) is 87.6 Å². The Kier molecular flexibility index (Phi) is 4.97. The van der Waals surface area contributed by atoms with Gasteiger partial charge in [0.15, 0.2) is 11.5 Å². The molecule has 1 fully saturated rings. The molecule has 0 radical (unpaired) electrons. The van der Waals surface area contributed by atoms with Gasteiger partial charge in [0.05, 0.1) is 22.8 Å². The molecule has 3 aliphatic carbocycles. The molecule has 0 unspecified atom stereocenters. The second-order valence-corrected chi connectivity index (χ2v) is 12.6. The highest BCUT2D eigenvalue weighted by molar-refractivity contribution is 6.30. The van der Waals surface area contributed by atoms with E-state index in [9.17, 15) is 19.2 Å². The first-order chi connectivity index (χ1) is 22.0. The van der Waals surface area contributed by atoms with Gasteiger partial charge in [0.25, 0.3) is 5.79 Å². The Morgan fingerprint density at radius 2 is 1.63 bits per heavy atom. The third-order valence-corrected chi connectivity index (χ3v) is 9.91. The molecule has 5 aliphatic rings. The van der Waals surface area contributed by atoms with E-state index in [1.165, 1.54) is 13.8 Å². The van der Waals surface area contributed by atoms with Crippen LogP contribution in [0.5, 0.6) is 17.2 Å². The van der Waals surface area contributed by atoms with E-state index < -0.39 is 28.9 Å². The lowest BCUT2D eigenvalue weighted by Gasteiger charge is -2.45. The maximum atomic E-state index is 14.6. The van der Waals surface area contributed by atoms with Crippen LogP contribution in [0.15, 0.2) is 52.6 Å². The quantitative estimate of drug-likeness (QED) is 0.183. The molecule has 1 saturated heterocycles. The van der Waals surface area contributed by atoms with Crippen molar-refractivity contribution >= 4 is 29.6 Å². The maximum Gasteiger partial charge on any atom is 0.308 e. The Hall–Kier alpha value is -5.35. The first-order valence-electron chi connectivity index (χ1n) is 15.0. The fourth-order valence-electron chi connectivity index (χ4n) is 8.69. The lowest BCUT2D eigenvalue weighted by Crippen LogP contribution is -2.53. The zero-order valence-corrected chi connectivity index (χ0v) is 25.4. The van der Waals surface area contributed by atoms with Crippen molar-refractivity contribution in [3.63, 3.8) is 0 Å². The molecule has 2 aliphatic heterocycles. The van der Waals surface area contributed by atoms with Crippen molar-refractivity contribution in [1.82, 2.24) is 5.16 Å². The molecule has 0 saturated carbocycles. The van der Waals surface area contributed by atoms with Gasteiger partial charge in [-0.2, -0.15) is 0 Å². The van der Waals surface area contributed by atoms with Crippen molar-refractivity contribution in [2.45, 2.75) is 51.9 Å². The first-order valence-corrected chi connectivity index (χ1v) is 15.0. The average molecular weight is 616 g/mol. The number of carbonyl (C=O) groups excluding carboxylic acids is 4. The van der Waals surface area contributed by atoms with Crippen molar-refractivity contribution in [2.75, 3.05) is 0 Å². The summed E-state index contributed by atoms with van der Waals surface area (Å²) in [5.41, 5.74) is 3.84. The molecule has 9 rings (SSSR count). The largest absolute Gasteiger partial charge is 0.455 e. The highest BCUT2D eigenvalue weighted by Gasteiger charge is 2.78. The Bertz CT molecular complexity index is 2220. The molecule has 0 bridgehead atoms. The summed E-state index contributed by atoms with van der Waals surface area (Å²) in [6.07, 6.45) is 1.57. The topological polar surface area (TPSA) is 131 Å². The number of ketones is 2. The minimum absolute atomic E-state index is 0.00300. The number of rotatable bonds is 2. The van der Waals surface area contributed by atoms with E-state index in [0.29, 0.717) is 39.3 Å². The number of aryl methyl sites for hydroxylation is 1. The summed E-state index contributed by atoms with van der Waals surface area (Å²) in [7, 11) is 0. The van der Waals surface area contributed by atoms with E-state index in [4.69, 9.17) is 23.5 Å². The van der Waals surface area contributed by atoms with Crippen LogP contribution in [0, 0.1) is 12.8 Å². The normalized spacial score (nSPS) is 25.3. The van der Waals surface area contributed by atoms with E-state index in [1.807, 2.05) is 32.1 Å². The highest BCUT2D eigenvalue weighted by Crippen LogP contribution is 2.75. The van der Waals surface area contributed by atoms with Gasteiger partial charge in [-0.05, 0) is 56.7 Å². The van der Waals surface area contributed by atoms with Crippen LogP contribution < -0.4 is 14.2 Å². The Morgan fingerprint density at radius 3 is 2.39 bits per heavy atom. The van der Waals surface area contributed by atoms with Crippen LogP contribution in [-0.4, -0.2) is 34.8 Å². The van der Waals surface area contributed by atoms with Crippen molar-refractivity contribution in [1.29, 1.82) is 0 Å². The molecule has 0 amide bonds. The summed E-state index contributed by atoms with van der Waals surface area (Å²) in [6, 6.07) is 12.0. The molecule has 0 N–H and O–H groups in total. The second kappa shape index (κ2) is 8.46. The number of hydrogen-bond acceptors (Lipinski definition) is 10. The van der Waals surface area contributed by atoms with E-state index in [0.717, 1.165) is 5.57 Å². The monoisotopic (exact) mass is 615 g/mol.